The standard InChI is InChI=1S/C13H13N3O2S3/c1-16-9-12(13(15-16)11-5-3-7-20-11)21(17,18)14-8-10-4-2-6-19-10/h2-7,9,14H,8H2,1H3. The van der Waals surface area contributed by atoms with Crippen LogP contribution >= 0.6 is 22.7 Å². The van der Waals surface area contributed by atoms with Gasteiger partial charge in [0.2, 0.25) is 10.0 Å². The molecule has 0 fully saturated rings. The van der Waals surface area contributed by atoms with Gasteiger partial charge in [0.1, 0.15) is 10.6 Å². The topological polar surface area (TPSA) is 64.0 Å². The Hall–Kier alpha value is -1.48. The molecule has 0 amide bonds. The number of aromatic nitrogens is 2. The van der Waals surface area contributed by atoms with Crippen molar-refractivity contribution < 1.29 is 8.42 Å². The zero-order valence-electron chi connectivity index (χ0n) is 11.2. The molecule has 0 unspecified atom stereocenters. The fourth-order valence-corrected chi connectivity index (χ4v) is 4.63. The van der Waals surface area contributed by atoms with Crippen molar-refractivity contribution in [1.82, 2.24) is 14.5 Å². The number of rotatable bonds is 5. The van der Waals surface area contributed by atoms with Crippen LogP contribution in [-0.4, -0.2) is 18.2 Å². The lowest BCUT2D eigenvalue weighted by Gasteiger charge is -2.04. The highest BCUT2D eigenvalue weighted by Crippen LogP contribution is 2.29. The molecular formula is C13H13N3O2S3. The second-order valence-corrected chi connectivity index (χ2v) is 8.11. The third kappa shape index (κ3) is 3.08. The molecule has 1 N–H and O–H groups in total. The van der Waals surface area contributed by atoms with Gasteiger partial charge in [0.05, 0.1) is 4.88 Å². The number of nitrogens with one attached hydrogen (secondary N) is 1. The third-order valence-corrected chi connectivity index (χ3v) is 6.01. The quantitative estimate of drug-likeness (QED) is 0.777. The molecule has 3 aromatic heterocycles. The Kier molecular flexibility index (Phi) is 3.94. The lowest BCUT2D eigenvalue weighted by atomic mass is 10.3. The van der Waals surface area contributed by atoms with Crippen molar-refractivity contribution in [2.75, 3.05) is 0 Å². The first-order valence-corrected chi connectivity index (χ1v) is 9.40. The van der Waals surface area contributed by atoms with Crippen LogP contribution in [0, 0.1) is 0 Å². The van der Waals surface area contributed by atoms with Crippen LogP contribution in [0.3, 0.4) is 0 Å². The maximum absolute atomic E-state index is 12.5. The summed E-state index contributed by atoms with van der Waals surface area (Å²) in [4.78, 5) is 2.02. The van der Waals surface area contributed by atoms with Crippen LogP contribution in [0.4, 0.5) is 0 Å². The van der Waals surface area contributed by atoms with Gasteiger partial charge in [-0.25, -0.2) is 13.1 Å². The van der Waals surface area contributed by atoms with Gasteiger partial charge in [-0.2, -0.15) is 5.10 Å². The Bertz CT molecular complexity index is 818. The minimum absolute atomic E-state index is 0.212. The fraction of sp³-hybridized carbons (Fsp3) is 0.154. The van der Waals surface area contributed by atoms with E-state index in [1.165, 1.54) is 33.6 Å². The summed E-state index contributed by atoms with van der Waals surface area (Å²) in [6.45, 7) is 0.290. The minimum atomic E-state index is -3.59. The summed E-state index contributed by atoms with van der Waals surface area (Å²) in [7, 11) is -1.87. The maximum atomic E-state index is 12.5. The Balaban J connectivity index is 1.92. The molecule has 110 valence electrons. The van der Waals surface area contributed by atoms with Gasteiger partial charge in [0.15, 0.2) is 0 Å². The van der Waals surface area contributed by atoms with Crippen LogP contribution < -0.4 is 4.72 Å². The molecule has 0 bridgehead atoms. The highest BCUT2D eigenvalue weighted by Gasteiger charge is 2.23. The molecule has 3 aromatic rings. The van der Waals surface area contributed by atoms with Crippen molar-refractivity contribution in [3.63, 3.8) is 0 Å². The Morgan fingerprint density at radius 1 is 1.24 bits per heavy atom. The average molecular weight is 339 g/mol. The van der Waals surface area contributed by atoms with Gasteiger partial charge < -0.3 is 0 Å². The normalized spacial score (nSPS) is 11.9. The van der Waals surface area contributed by atoms with E-state index in [0.29, 0.717) is 12.2 Å². The minimum Gasteiger partial charge on any atom is -0.274 e. The van der Waals surface area contributed by atoms with Gasteiger partial charge >= 0.3 is 0 Å². The van der Waals surface area contributed by atoms with Crippen molar-refractivity contribution in [3.05, 3.63) is 46.1 Å². The van der Waals surface area contributed by atoms with Crippen LogP contribution in [0.5, 0.6) is 0 Å². The van der Waals surface area contributed by atoms with E-state index >= 15 is 0 Å². The van der Waals surface area contributed by atoms with E-state index in [9.17, 15) is 8.42 Å². The average Bonchev–Trinajstić information content (AvgIpc) is 3.17. The molecular weight excluding hydrogens is 326 g/mol. The summed E-state index contributed by atoms with van der Waals surface area (Å²) >= 11 is 2.99. The van der Waals surface area contributed by atoms with Crippen LogP contribution in [0.15, 0.2) is 46.1 Å². The van der Waals surface area contributed by atoms with E-state index in [1.54, 1.807) is 7.05 Å². The summed E-state index contributed by atoms with van der Waals surface area (Å²) in [6.07, 6.45) is 1.53. The van der Waals surface area contributed by atoms with Crippen LogP contribution in [0.1, 0.15) is 4.88 Å². The van der Waals surface area contributed by atoms with Crippen LogP contribution in [0.25, 0.3) is 10.6 Å². The molecule has 5 nitrogen and oxygen atoms in total. The van der Waals surface area contributed by atoms with E-state index in [0.717, 1.165) is 9.75 Å². The first-order valence-electron chi connectivity index (χ1n) is 6.16. The van der Waals surface area contributed by atoms with E-state index < -0.39 is 10.0 Å². The Morgan fingerprint density at radius 2 is 2.00 bits per heavy atom. The van der Waals surface area contributed by atoms with Crippen molar-refractivity contribution in [3.8, 4) is 10.6 Å². The van der Waals surface area contributed by atoms with E-state index in [-0.39, 0.29) is 4.90 Å². The predicted octanol–water partition coefficient (Wildman–Crippen LogP) is 2.69. The number of nitrogens with zero attached hydrogens (tertiary/aromatic N) is 2. The number of hydrogen-bond donors (Lipinski definition) is 1. The largest absolute Gasteiger partial charge is 0.274 e. The smallest absolute Gasteiger partial charge is 0.244 e. The van der Waals surface area contributed by atoms with Crippen LogP contribution in [-0.2, 0) is 23.6 Å². The zero-order valence-corrected chi connectivity index (χ0v) is 13.6. The fourth-order valence-electron chi connectivity index (χ4n) is 1.90. The van der Waals surface area contributed by atoms with Gasteiger partial charge in [-0.1, -0.05) is 12.1 Å². The molecule has 3 heterocycles. The first-order chi connectivity index (χ1) is 10.1. The van der Waals surface area contributed by atoms with E-state index in [2.05, 4.69) is 9.82 Å². The number of sulfonamides is 1. The highest BCUT2D eigenvalue weighted by molar-refractivity contribution is 7.89. The number of aryl methyl sites for hydroxylation is 1. The van der Waals surface area contributed by atoms with Gasteiger partial charge in [-0.3, -0.25) is 4.68 Å². The van der Waals surface area contributed by atoms with Crippen molar-refractivity contribution >= 4 is 32.7 Å². The highest BCUT2D eigenvalue weighted by atomic mass is 32.2. The SMILES string of the molecule is Cn1cc(S(=O)(=O)NCc2cccs2)c(-c2cccs2)n1. The van der Waals surface area contributed by atoms with Gasteiger partial charge in [0, 0.05) is 24.7 Å². The molecule has 0 spiro atoms. The number of thiophene rings is 2. The van der Waals surface area contributed by atoms with Gasteiger partial charge in [-0.15, -0.1) is 22.7 Å². The molecule has 0 aliphatic carbocycles. The van der Waals surface area contributed by atoms with E-state index in [4.69, 9.17) is 0 Å². The first kappa shape index (κ1) is 14.5. The molecule has 0 aliphatic rings. The second kappa shape index (κ2) is 5.72. The molecule has 0 atom stereocenters. The van der Waals surface area contributed by atoms with Gasteiger partial charge in [0.25, 0.3) is 0 Å². The van der Waals surface area contributed by atoms with Crippen LogP contribution in [0.2, 0.25) is 0 Å². The molecule has 0 aromatic carbocycles. The Labute approximate surface area is 130 Å². The molecule has 21 heavy (non-hydrogen) atoms. The lowest BCUT2D eigenvalue weighted by molar-refractivity contribution is 0.582. The zero-order chi connectivity index (χ0) is 14.9. The molecule has 0 radical (unpaired) electrons. The molecule has 3 rings (SSSR count). The maximum Gasteiger partial charge on any atom is 0.244 e. The number of hydrogen-bond acceptors (Lipinski definition) is 5. The molecule has 8 heteroatoms. The summed E-state index contributed by atoms with van der Waals surface area (Å²) in [5.74, 6) is 0. The van der Waals surface area contributed by atoms with Crippen molar-refractivity contribution in [2.45, 2.75) is 11.4 Å². The third-order valence-electron chi connectivity index (χ3n) is 2.86. The molecule has 0 saturated heterocycles. The van der Waals surface area contributed by atoms with Gasteiger partial charge in [-0.05, 0) is 22.9 Å². The monoisotopic (exact) mass is 339 g/mol. The summed E-state index contributed by atoms with van der Waals surface area (Å²) < 4.78 is 29.2. The van der Waals surface area contributed by atoms with E-state index in [1.807, 2.05) is 35.0 Å². The summed E-state index contributed by atoms with van der Waals surface area (Å²) in [5.41, 5.74) is 0.492. The predicted molar refractivity (Wildman–Crippen MR) is 84.9 cm³/mol. The second-order valence-electron chi connectivity index (χ2n) is 4.40. The van der Waals surface area contributed by atoms with Crippen molar-refractivity contribution in [1.29, 1.82) is 0 Å². The summed E-state index contributed by atoms with van der Waals surface area (Å²) in [6, 6.07) is 7.54. The lowest BCUT2D eigenvalue weighted by Crippen LogP contribution is -2.23. The van der Waals surface area contributed by atoms with Crippen molar-refractivity contribution in [2.24, 2.45) is 7.05 Å². The molecule has 0 saturated carbocycles. The summed E-state index contributed by atoms with van der Waals surface area (Å²) in [5, 5.41) is 8.10. The molecule has 0 aliphatic heterocycles. The Morgan fingerprint density at radius 3 is 2.67 bits per heavy atom.